The number of hydrogen-bond acceptors (Lipinski definition) is 2. The maximum atomic E-state index is 13.1. The summed E-state index contributed by atoms with van der Waals surface area (Å²) in [5.41, 5.74) is 0.885. The van der Waals surface area contributed by atoms with E-state index in [0.717, 1.165) is 17.9 Å². The average Bonchev–Trinajstić information content (AvgIpc) is 2.81. The number of rotatable bonds is 5. The minimum Gasteiger partial charge on any atom is -0.469 e. The van der Waals surface area contributed by atoms with E-state index < -0.39 is 0 Å². The highest BCUT2D eigenvalue weighted by atomic mass is 35.5. The predicted octanol–water partition coefficient (Wildman–Crippen LogP) is 3.97. The first-order valence-electron chi connectivity index (χ1n) is 5.91. The van der Waals surface area contributed by atoms with E-state index in [9.17, 15) is 4.39 Å². The summed E-state index contributed by atoms with van der Waals surface area (Å²) in [5.74, 6) is 0.554. The summed E-state index contributed by atoms with van der Waals surface area (Å²) in [7, 11) is 0. The summed E-state index contributed by atoms with van der Waals surface area (Å²) in [6.07, 6.45) is 2.33. The van der Waals surface area contributed by atoms with Gasteiger partial charge in [-0.2, -0.15) is 0 Å². The molecule has 1 atom stereocenters. The molecule has 1 N–H and O–H groups in total. The lowest BCUT2D eigenvalue weighted by Gasteiger charge is -2.18. The lowest BCUT2D eigenvalue weighted by molar-refractivity contribution is 0.454. The summed E-state index contributed by atoms with van der Waals surface area (Å²) in [6, 6.07) is 8.27. The Hall–Kier alpha value is -1.32. The van der Waals surface area contributed by atoms with Crippen LogP contribution in [0, 0.1) is 5.82 Å². The minimum absolute atomic E-state index is 0.0225. The fraction of sp³-hybridized carbons (Fsp3) is 0.286. The monoisotopic (exact) mass is 267 g/mol. The predicted molar refractivity (Wildman–Crippen MR) is 70.2 cm³/mol. The smallest absolute Gasteiger partial charge is 0.124 e. The Bertz CT molecular complexity index is 499. The first-order chi connectivity index (χ1) is 8.70. The molecule has 0 fully saturated rings. The fourth-order valence-electron chi connectivity index (χ4n) is 1.95. The molecule has 4 heteroatoms. The van der Waals surface area contributed by atoms with E-state index >= 15 is 0 Å². The average molecular weight is 268 g/mol. The van der Waals surface area contributed by atoms with Crippen molar-refractivity contribution in [3.8, 4) is 0 Å². The first-order valence-corrected chi connectivity index (χ1v) is 6.29. The SMILES string of the molecule is CCNC(Cc1ccco1)c1ccc(F)cc1Cl. The second-order valence-corrected chi connectivity index (χ2v) is 4.47. The van der Waals surface area contributed by atoms with Crippen molar-refractivity contribution in [2.45, 2.75) is 19.4 Å². The number of benzene rings is 1. The van der Waals surface area contributed by atoms with Crippen molar-refractivity contribution >= 4 is 11.6 Å². The van der Waals surface area contributed by atoms with Crippen LogP contribution in [-0.2, 0) is 6.42 Å². The van der Waals surface area contributed by atoms with Gasteiger partial charge in [0.05, 0.1) is 6.26 Å². The zero-order valence-corrected chi connectivity index (χ0v) is 10.9. The Morgan fingerprint density at radius 2 is 2.22 bits per heavy atom. The topological polar surface area (TPSA) is 25.2 Å². The Morgan fingerprint density at radius 3 is 2.83 bits per heavy atom. The first kappa shape index (κ1) is 13.1. The van der Waals surface area contributed by atoms with E-state index in [1.54, 1.807) is 12.3 Å². The summed E-state index contributed by atoms with van der Waals surface area (Å²) in [4.78, 5) is 0. The van der Waals surface area contributed by atoms with Crippen molar-refractivity contribution in [2.75, 3.05) is 6.54 Å². The van der Waals surface area contributed by atoms with E-state index in [0.29, 0.717) is 11.4 Å². The Balaban J connectivity index is 2.23. The van der Waals surface area contributed by atoms with Crippen LogP contribution in [-0.4, -0.2) is 6.54 Å². The van der Waals surface area contributed by atoms with Crippen LogP contribution in [0.3, 0.4) is 0 Å². The molecule has 18 heavy (non-hydrogen) atoms. The van der Waals surface area contributed by atoms with Crippen molar-refractivity contribution in [3.05, 3.63) is 58.8 Å². The van der Waals surface area contributed by atoms with Crippen LogP contribution in [0.15, 0.2) is 41.0 Å². The molecule has 1 aromatic carbocycles. The zero-order valence-electron chi connectivity index (χ0n) is 10.1. The molecule has 0 spiro atoms. The van der Waals surface area contributed by atoms with Gasteiger partial charge in [-0.25, -0.2) is 4.39 Å². The zero-order chi connectivity index (χ0) is 13.0. The van der Waals surface area contributed by atoms with Gasteiger partial charge in [-0.1, -0.05) is 24.6 Å². The number of furan rings is 1. The molecule has 0 saturated heterocycles. The summed E-state index contributed by atoms with van der Waals surface area (Å²) in [6.45, 7) is 2.83. The van der Waals surface area contributed by atoms with Crippen molar-refractivity contribution in [1.82, 2.24) is 5.32 Å². The van der Waals surface area contributed by atoms with E-state index in [1.165, 1.54) is 12.1 Å². The molecule has 2 nitrogen and oxygen atoms in total. The number of halogens is 2. The maximum absolute atomic E-state index is 13.1. The third-order valence-electron chi connectivity index (χ3n) is 2.77. The molecule has 0 aliphatic carbocycles. The Labute approximate surface area is 111 Å². The molecule has 0 radical (unpaired) electrons. The highest BCUT2D eigenvalue weighted by Gasteiger charge is 2.16. The van der Waals surface area contributed by atoms with Crippen molar-refractivity contribution in [1.29, 1.82) is 0 Å². The second-order valence-electron chi connectivity index (χ2n) is 4.06. The third kappa shape index (κ3) is 3.12. The normalized spacial score (nSPS) is 12.6. The highest BCUT2D eigenvalue weighted by molar-refractivity contribution is 6.31. The van der Waals surface area contributed by atoms with Gasteiger partial charge in [0, 0.05) is 17.5 Å². The molecule has 1 heterocycles. The second kappa shape index (κ2) is 6.03. The molecule has 0 aliphatic rings. The molecular formula is C14H15ClFNO. The van der Waals surface area contributed by atoms with E-state index in [-0.39, 0.29) is 11.9 Å². The summed E-state index contributed by atoms with van der Waals surface area (Å²) in [5, 5.41) is 3.77. The summed E-state index contributed by atoms with van der Waals surface area (Å²) >= 11 is 6.09. The van der Waals surface area contributed by atoms with Crippen LogP contribution in [0.5, 0.6) is 0 Å². The van der Waals surface area contributed by atoms with Gasteiger partial charge in [0.25, 0.3) is 0 Å². The third-order valence-corrected chi connectivity index (χ3v) is 3.10. The quantitative estimate of drug-likeness (QED) is 0.887. The van der Waals surface area contributed by atoms with Crippen LogP contribution in [0.4, 0.5) is 4.39 Å². The molecule has 2 aromatic rings. The molecule has 0 bridgehead atoms. The van der Waals surface area contributed by atoms with Crippen LogP contribution in [0.1, 0.15) is 24.3 Å². The molecule has 96 valence electrons. The lowest BCUT2D eigenvalue weighted by atomic mass is 10.0. The van der Waals surface area contributed by atoms with Crippen LogP contribution in [0.2, 0.25) is 5.02 Å². The van der Waals surface area contributed by atoms with Crippen LogP contribution in [0.25, 0.3) is 0 Å². The Kier molecular flexibility index (Phi) is 4.39. The molecule has 2 rings (SSSR count). The molecule has 0 amide bonds. The van der Waals surface area contributed by atoms with Gasteiger partial charge in [-0.05, 0) is 36.4 Å². The van der Waals surface area contributed by atoms with Crippen molar-refractivity contribution in [2.24, 2.45) is 0 Å². The standard InChI is InChI=1S/C14H15ClFNO/c1-2-17-14(9-11-4-3-7-18-11)12-6-5-10(16)8-13(12)15/h3-8,14,17H,2,9H2,1H3. The molecule has 0 aliphatic heterocycles. The highest BCUT2D eigenvalue weighted by Crippen LogP contribution is 2.26. The van der Waals surface area contributed by atoms with Crippen molar-refractivity contribution in [3.63, 3.8) is 0 Å². The van der Waals surface area contributed by atoms with Crippen LogP contribution >= 0.6 is 11.6 Å². The van der Waals surface area contributed by atoms with E-state index in [2.05, 4.69) is 5.32 Å². The van der Waals surface area contributed by atoms with E-state index in [1.807, 2.05) is 19.1 Å². The lowest BCUT2D eigenvalue weighted by Crippen LogP contribution is -2.23. The number of likely N-dealkylation sites (N-methyl/N-ethyl adjacent to an activating group) is 1. The molecule has 1 unspecified atom stereocenters. The van der Waals surface area contributed by atoms with Gasteiger partial charge in [-0.15, -0.1) is 0 Å². The number of hydrogen-bond donors (Lipinski definition) is 1. The summed E-state index contributed by atoms with van der Waals surface area (Å²) < 4.78 is 18.4. The Morgan fingerprint density at radius 1 is 1.39 bits per heavy atom. The van der Waals surface area contributed by atoms with Gasteiger partial charge in [-0.3, -0.25) is 0 Å². The van der Waals surface area contributed by atoms with Gasteiger partial charge < -0.3 is 9.73 Å². The van der Waals surface area contributed by atoms with Crippen molar-refractivity contribution < 1.29 is 8.81 Å². The molecule has 0 saturated carbocycles. The minimum atomic E-state index is -0.322. The maximum Gasteiger partial charge on any atom is 0.124 e. The van der Waals surface area contributed by atoms with Gasteiger partial charge in [0.1, 0.15) is 11.6 Å². The van der Waals surface area contributed by atoms with Gasteiger partial charge in [0.2, 0.25) is 0 Å². The largest absolute Gasteiger partial charge is 0.469 e. The molecular weight excluding hydrogens is 253 g/mol. The van der Waals surface area contributed by atoms with Gasteiger partial charge >= 0.3 is 0 Å². The van der Waals surface area contributed by atoms with E-state index in [4.69, 9.17) is 16.0 Å². The van der Waals surface area contributed by atoms with Crippen LogP contribution < -0.4 is 5.32 Å². The van der Waals surface area contributed by atoms with Gasteiger partial charge in [0.15, 0.2) is 0 Å². The fourth-order valence-corrected chi connectivity index (χ4v) is 2.25. The molecule has 1 aromatic heterocycles. The number of nitrogens with one attached hydrogen (secondary N) is 1.